The number of aromatic amines is 1. The zero-order valence-electron chi connectivity index (χ0n) is 15.3. The lowest BCUT2D eigenvalue weighted by molar-refractivity contribution is 0.0162. The number of hydrogen-bond donors (Lipinski definition) is 2. The third kappa shape index (κ3) is 4.19. The Balaban J connectivity index is 1.50. The van der Waals surface area contributed by atoms with Crippen LogP contribution >= 0.6 is 11.6 Å². The number of nitrogens with zero attached hydrogens (tertiary/aromatic N) is 1. The van der Waals surface area contributed by atoms with E-state index < -0.39 is 0 Å². The molecule has 2 heterocycles. The van der Waals surface area contributed by atoms with Crippen LogP contribution in [0.15, 0.2) is 48.5 Å². The Labute approximate surface area is 167 Å². The molecule has 1 aliphatic heterocycles. The van der Waals surface area contributed by atoms with E-state index in [1.54, 1.807) is 24.3 Å². The Kier molecular flexibility index (Phi) is 5.62. The van der Waals surface area contributed by atoms with Gasteiger partial charge in [-0.05, 0) is 42.0 Å². The lowest BCUT2D eigenvalue weighted by Gasteiger charge is -2.34. The smallest absolute Gasteiger partial charge is 0.267 e. The van der Waals surface area contributed by atoms with E-state index in [1.807, 2.05) is 12.1 Å². The van der Waals surface area contributed by atoms with E-state index in [-0.39, 0.29) is 17.8 Å². The second kappa shape index (κ2) is 8.31. The summed E-state index contributed by atoms with van der Waals surface area (Å²) in [6, 6.07) is 13.6. The van der Waals surface area contributed by atoms with Crippen LogP contribution in [0.3, 0.4) is 0 Å². The van der Waals surface area contributed by atoms with Crippen molar-refractivity contribution in [3.05, 3.63) is 70.6 Å². The predicted molar refractivity (Wildman–Crippen MR) is 107 cm³/mol. The van der Waals surface area contributed by atoms with Crippen LogP contribution in [0.5, 0.6) is 0 Å². The molecule has 0 unspecified atom stereocenters. The van der Waals surface area contributed by atoms with Crippen LogP contribution < -0.4 is 5.32 Å². The summed E-state index contributed by atoms with van der Waals surface area (Å²) in [4.78, 5) is 18.1. The van der Waals surface area contributed by atoms with Crippen molar-refractivity contribution >= 4 is 28.4 Å². The van der Waals surface area contributed by atoms with Crippen molar-refractivity contribution in [2.75, 3.05) is 32.8 Å². The second-order valence-electron chi connectivity index (χ2n) is 6.84. The molecule has 0 aliphatic carbocycles. The van der Waals surface area contributed by atoms with E-state index in [0.29, 0.717) is 30.5 Å². The summed E-state index contributed by atoms with van der Waals surface area (Å²) in [6.07, 6.45) is 0. The third-order valence-corrected chi connectivity index (χ3v) is 5.26. The lowest BCUT2D eigenvalue weighted by atomic mass is 10.0. The standard InChI is InChI=1S/C21H21ClFN3O2/c22-16-3-6-18-15(11-16)12-19(25-18)21(27)24-13-20(26-7-9-28-10-8-26)14-1-4-17(23)5-2-14/h1-6,11-12,20,25H,7-10,13H2,(H,24,27)/t20-/m0/s1. The first-order valence-electron chi connectivity index (χ1n) is 9.24. The molecule has 1 fully saturated rings. The number of amides is 1. The molecule has 28 heavy (non-hydrogen) atoms. The number of benzene rings is 2. The number of carbonyl (C=O) groups excluding carboxylic acids is 1. The van der Waals surface area contributed by atoms with E-state index in [0.717, 1.165) is 29.6 Å². The zero-order valence-corrected chi connectivity index (χ0v) is 16.0. The van der Waals surface area contributed by atoms with E-state index in [1.165, 1.54) is 12.1 Å². The van der Waals surface area contributed by atoms with Crippen molar-refractivity contribution in [2.45, 2.75) is 6.04 Å². The quantitative estimate of drug-likeness (QED) is 0.684. The van der Waals surface area contributed by atoms with Gasteiger partial charge in [0.05, 0.1) is 19.3 Å². The predicted octanol–water partition coefficient (Wildman–Crippen LogP) is 3.76. The van der Waals surface area contributed by atoms with Crippen LogP contribution in [0.4, 0.5) is 4.39 Å². The van der Waals surface area contributed by atoms with Gasteiger partial charge in [-0.2, -0.15) is 0 Å². The monoisotopic (exact) mass is 401 g/mol. The number of hydrogen-bond acceptors (Lipinski definition) is 3. The van der Waals surface area contributed by atoms with Crippen molar-refractivity contribution in [1.29, 1.82) is 0 Å². The fraction of sp³-hybridized carbons (Fsp3) is 0.286. The van der Waals surface area contributed by atoms with Gasteiger partial charge >= 0.3 is 0 Å². The number of ether oxygens (including phenoxy) is 1. The molecular weight excluding hydrogens is 381 g/mol. The number of halogens is 2. The summed E-state index contributed by atoms with van der Waals surface area (Å²) in [5.74, 6) is -0.460. The highest BCUT2D eigenvalue weighted by Gasteiger charge is 2.23. The van der Waals surface area contributed by atoms with E-state index >= 15 is 0 Å². The van der Waals surface area contributed by atoms with Crippen molar-refractivity contribution in [3.63, 3.8) is 0 Å². The van der Waals surface area contributed by atoms with Gasteiger partial charge in [0.2, 0.25) is 0 Å². The molecule has 7 heteroatoms. The highest BCUT2D eigenvalue weighted by atomic mass is 35.5. The summed E-state index contributed by atoms with van der Waals surface area (Å²) in [6.45, 7) is 3.25. The zero-order chi connectivity index (χ0) is 19.5. The molecular formula is C21H21ClFN3O2. The largest absolute Gasteiger partial charge is 0.379 e. The molecule has 2 aromatic carbocycles. The molecule has 1 amide bonds. The fourth-order valence-corrected chi connectivity index (χ4v) is 3.72. The summed E-state index contributed by atoms with van der Waals surface area (Å²) in [5, 5.41) is 4.52. The minimum absolute atomic E-state index is 0.0488. The van der Waals surface area contributed by atoms with Crippen LogP contribution in [0.2, 0.25) is 5.02 Å². The minimum Gasteiger partial charge on any atom is -0.379 e. The minimum atomic E-state index is -0.273. The number of rotatable bonds is 5. The Bertz CT molecular complexity index is 967. The van der Waals surface area contributed by atoms with Crippen LogP contribution in [-0.4, -0.2) is 48.6 Å². The van der Waals surface area contributed by atoms with E-state index in [4.69, 9.17) is 16.3 Å². The maximum Gasteiger partial charge on any atom is 0.267 e. The number of morpholine rings is 1. The maximum atomic E-state index is 13.3. The Morgan fingerprint density at radius 1 is 1.18 bits per heavy atom. The third-order valence-electron chi connectivity index (χ3n) is 5.02. The Morgan fingerprint density at radius 2 is 1.93 bits per heavy atom. The first kappa shape index (κ1) is 18.9. The molecule has 0 bridgehead atoms. The molecule has 0 radical (unpaired) electrons. The summed E-state index contributed by atoms with van der Waals surface area (Å²) >= 11 is 6.02. The van der Waals surface area contributed by atoms with Gasteiger partial charge in [0.15, 0.2) is 0 Å². The van der Waals surface area contributed by atoms with Crippen molar-refractivity contribution in [2.24, 2.45) is 0 Å². The Hall–Kier alpha value is -2.41. The van der Waals surface area contributed by atoms with Gasteiger partial charge in [-0.15, -0.1) is 0 Å². The second-order valence-corrected chi connectivity index (χ2v) is 7.28. The van der Waals surface area contributed by atoms with Crippen LogP contribution in [0.1, 0.15) is 22.1 Å². The number of aromatic nitrogens is 1. The molecule has 1 atom stereocenters. The molecule has 1 aromatic heterocycles. The maximum absolute atomic E-state index is 13.3. The van der Waals surface area contributed by atoms with Gasteiger partial charge in [-0.3, -0.25) is 9.69 Å². The van der Waals surface area contributed by atoms with Crippen LogP contribution in [0.25, 0.3) is 10.9 Å². The van der Waals surface area contributed by atoms with Crippen LogP contribution in [-0.2, 0) is 4.74 Å². The highest BCUT2D eigenvalue weighted by molar-refractivity contribution is 6.31. The number of fused-ring (bicyclic) bond motifs is 1. The first-order chi connectivity index (χ1) is 13.6. The highest BCUT2D eigenvalue weighted by Crippen LogP contribution is 2.23. The summed E-state index contributed by atoms with van der Waals surface area (Å²) in [7, 11) is 0. The van der Waals surface area contributed by atoms with Gasteiger partial charge in [0.25, 0.3) is 5.91 Å². The van der Waals surface area contributed by atoms with Gasteiger partial charge in [0, 0.05) is 35.6 Å². The van der Waals surface area contributed by atoms with Crippen molar-refractivity contribution in [1.82, 2.24) is 15.2 Å². The molecule has 1 saturated heterocycles. The van der Waals surface area contributed by atoms with Gasteiger partial charge in [-0.25, -0.2) is 4.39 Å². The van der Waals surface area contributed by atoms with Gasteiger partial charge < -0.3 is 15.0 Å². The fourth-order valence-electron chi connectivity index (χ4n) is 3.54. The molecule has 1 aliphatic rings. The van der Waals surface area contributed by atoms with Crippen LogP contribution in [0, 0.1) is 5.82 Å². The number of carbonyl (C=O) groups is 1. The first-order valence-corrected chi connectivity index (χ1v) is 9.62. The molecule has 0 spiro atoms. The van der Waals surface area contributed by atoms with Crippen molar-refractivity contribution in [3.8, 4) is 0 Å². The van der Waals surface area contributed by atoms with E-state index in [9.17, 15) is 9.18 Å². The summed E-state index contributed by atoms with van der Waals surface area (Å²) in [5.41, 5.74) is 2.31. The van der Waals surface area contributed by atoms with Gasteiger partial charge in [0.1, 0.15) is 11.5 Å². The Morgan fingerprint density at radius 3 is 2.68 bits per heavy atom. The van der Waals surface area contributed by atoms with E-state index in [2.05, 4.69) is 15.2 Å². The number of H-pyrrole nitrogens is 1. The molecule has 2 N–H and O–H groups in total. The molecule has 3 aromatic rings. The van der Waals surface area contributed by atoms with Gasteiger partial charge in [-0.1, -0.05) is 23.7 Å². The average Bonchev–Trinajstić information content (AvgIpc) is 3.13. The number of nitrogens with one attached hydrogen (secondary N) is 2. The SMILES string of the molecule is O=C(NC[C@@H](c1ccc(F)cc1)N1CCOCC1)c1cc2cc(Cl)ccc2[nH]1. The molecule has 5 nitrogen and oxygen atoms in total. The topological polar surface area (TPSA) is 57.4 Å². The molecule has 4 rings (SSSR count). The summed E-state index contributed by atoms with van der Waals surface area (Å²) < 4.78 is 18.8. The van der Waals surface area contributed by atoms with Crippen molar-refractivity contribution < 1.29 is 13.9 Å². The lowest BCUT2D eigenvalue weighted by Crippen LogP contribution is -2.43. The normalized spacial score (nSPS) is 16.2. The molecule has 0 saturated carbocycles. The average molecular weight is 402 g/mol. The molecule has 146 valence electrons.